The number of pyridine rings is 1. The molecule has 4 aromatic heterocycles. The van der Waals surface area contributed by atoms with E-state index in [-0.39, 0.29) is 37.7 Å². The van der Waals surface area contributed by atoms with Crippen LogP contribution in [0.25, 0.3) is 21.3 Å². The maximum Gasteiger partial charge on any atom is 0.322 e. The van der Waals surface area contributed by atoms with Gasteiger partial charge in [0.1, 0.15) is 21.1 Å². The average Bonchev–Trinajstić information content (AvgIpc) is 3.39. The number of nitrogens with one attached hydrogen (secondary N) is 1. The highest BCUT2D eigenvalue weighted by atomic mass is 32.1. The lowest BCUT2D eigenvalue weighted by Crippen LogP contribution is -2.20. The molecule has 4 rings (SSSR count). The number of anilines is 1. The molecule has 2 amide bonds. The fourth-order valence-corrected chi connectivity index (χ4v) is 4.91. The predicted octanol–water partition coefficient (Wildman–Crippen LogP) is 3.24. The quantitative estimate of drug-likeness (QED) is 0.300. The highest BCUT2D eigenvalue weighted by molar-refractivity contribution is 7.21. The van der Waals surface area contributed by atoms with E-state index < -0.39 is 34.5 Å². The van der Waals surface area contributed by atoms with E-state index in [4.69, 9.17) is 5.73 Å². The molecule has 0 radical (unpaired) electrons. The van der Waals surface area contributed by atoms with Gasteiger partial charge in [0.05, 0.1) is 16.3 Å². The Balaban J connectivity index is 2.00. The van der Waals surface area contributed by atoms with Gasteiger partial charge < -0.3 is 11.1 Å². The SMILES string of the molecule is Cc1nn(C)cc1-c1cc(C(F)F)nc2sc(C(N)=O)c(NC(=O)c3c([N+](=O)[O-])c(C)nn3C)c12. The standard InChI is InChI=1S/C20H18F2N8O4S/c1-7-10(6-28(3)26-7)9-5-11(17(21)22)24-20-12(9)13(16(35-20)18(23)31)25-19(32)15-14(30(33)34)8(2)27-29(15)4/h5-6,17H,1-4H3,(H2,23,31)(H,25,32). The van der Waals surface area contributed by atoms with Gasteiger partial charge in [0, 0.05) is 31.2 Å². The smallest absolute Gasteiger partial charge is 0.322 e. The monoisotopic (exact) mass is 504 g/mol. The normalized spacial score (nSPS) is 11.4. The first-order valence-electron chi connectivity index (χ1n) is 9.96. The highest BCUT2D eigenvalue weighted by Gasteiger charge is 2.32. The van der Waals surface area contributed by atoms with Gasteiger partial charge in [0.2, 0.25) is 5.69 Å². The number of carbonyl (C=O) groups excluding carboxylic acids is 2. The Labute approximate surface area is 199 Å². The lowest BCUT2D eigenvalue weighted by molar-refractivity contribution is -0.385. The van der Waals surface area contributed by atoms with Crippen LogP contribution in [0.15, 0.2) is 12.3 Å². The summed E-state index contributed by atoms with van der Waals surface area (Å²) in [4.78, 5) is 40.1. The Hall–Kier alpha value is -4.27. The number of carbonyl (C=O) groups is 2. The van der Waals surface area contributed by atoms with Crippen molar-refractivity contribution in [3.8, 4) is 11.1 Å². The molecule has 0 unspecified atom stereocenters. The van der Waals surface area contributed by atoms with E-state index in [0.717, 1.165) is 22.1 Å². The number of nitrogens with zero attached hydrogens (tertiary/aromatic N) is 6. The van der Waals surface area contributed by atoms with Crippen LogP contribution in [0.2, 0.25) is 0 Å². The molecule has 0 aromatic carbocycles. The summed E-state index contributed by atoms with van der Waals surface area (Å²) in [5.41, 5.74) is 5.25. The fraction of sp³-hybridized carbons (Fsp3) is 0.250. The molecular formula is C20H18F2N8O4S. The molecule has 4 aromatic rings. The number of rotatable bonds is 6. The minimum absolute atomic E-state index is 0.0165. The number of alkyl halides is 2. The van der Waals surface area contributed by atoms with Gasteiger partial charge in [-0.25, -0.2) is 13.8 Å². The second-order valence-corrected chi connectivity index (χ2v) is 8.66. The van der Waals surface area contributed by atoms with Crippen molar-refractivity contribution in [2.75, 3.05) is 5.32 Å². The van der Waals surface area contributed by atoms with Crippen molar-refractivity contribution in [2.45, 2.75) is 20.3 Å². The van der Waals surface area contributed by atoms with E-state index in [1.165, 1.54) is 18.7 Å². The number of aryl methyl sites for hydroxylation is 4. The predicted molar refractivity (Wildman–Crippen MR) is 123 cm³/mol. The molecule has 0 atom stereocenters. The van der Waals surface area contributed by atoms with Crippen LogP contribution in [0.1, 0.15) is 43.7 Å². The molecule has 0 saturated carbocycles. The summed E-state index contributed by atoms with van der Waals surface area (Å²) in [7, 11) is 3.01. The van der Waals surface area contributed by atoms with Crippen molar-refractivity contribution in [3.05, 3.63) is 50.0 Å². The third kappa shape index (κ3) is 3.99. The Morgan fingerprint density at radius 3 is 2.43 bits per heavy atom. The number of aromatic nitrogens is 5. The van der Waals surface area contributed by atoms with Gasteiger partial charge in [0.25, 0.3) is 18.2 Å². The Bertz CT molecular complexity index is 1540. The van der Waals surface area contributed by atoms with E-state index in [2.05, 4.69) is 20.5 Å². The third-order valence-corrected chi connectivity index (χ3v) is 6.36. The summed E-state index contributed by atoms with van der Waals surface area (Å²) < 4.78 is 29.8. The molecule has 15 heteroatoms. The second kappa shape index (κ2) is 8.50. The van der Waals surface area contributed by atoms with Crippen LogP contribution in [-0.2, 0) is 14.1 Å². The van der Waals surface area contributed by atoms with Gasteiger partial charge in [-0.1, -0.05) is 0 Å². The van der Waals surface area contributed by atoms with Crippen LogP contribution in [-0.4, -0.2) is 41.3 Å². The van der Waals surface area contributed by atoms with Crippen LogP contribution >= 0.6 is 11.3 Å². The number of amides is 2. The maximum atomic E-state index is 13.6. The van der Waals surface area contributed by atoms with Crippen molar-refractivity contribution in [3.63, 3.8) is 0 Å². The Morgan fingerprint density at radius 1 is 1.20 bits per heavy atom. The van der Waals surface area contributed by atoms with E-state index in [0.29, 0.717) is 11.3 Å². The van der Waals surface area contributed by atoms with E-state index >= 15 is 0 Å². The first-order valence-corrected chi connectivity index (χ1v) is 10.8. The van der Waals surface area contributed by atoms with Gasteiger partial charge in [-0.05, 0) is 25.5 Å². The molecule has 0 bridgehead atoms. The van der Waals surface area contributed by atoms with Gasteiger partial charge in [-0.15, -0.1) is 11.3 Å². The lowest BCUT2D eigenvalue weighted by Gasteiger charge is -2.10. The van der Waals surface area contributed by atoms with Crippen molar-refractivity contribution < 1.29 is 23.3 Å². The summed E-state index contributed by atoms with van der Waals surface area (Å²) >= 11 is 0.725. The number of hydrogen-bond donors (Lipinski definition) is 2. The van der Waals surface area contributed by atoms with Crippen LogP contribution < -0.4 is 11.1 Å². The van der Waals surface area contributed by atoms with Crippen molar-refractivity contribution >= 4 is 44.7 Å². The number of primary amides is 1. The fourth-order valence-electron chi connectivity index (χ4n) is 3.89. The molecule has 0 saturated heterocycles. The second-order valence-electron chi connectivity index (χ2n) is 7.67. The Morgan fingerprint density at radius 2 is 1.89 bits per heavy atom. The van der Waals surface area contributed by atoms with Crippen LogP contribution in [0.4, 0.5) is 20.2 Å². The molecule has 12 nitrogen and oxygen atoms in total. The molecule has 35 heavy (non-hydrogen) atoms. The maximum absolute atomic E-state index is 13.6. The van der Waals surface area contributed by atoms with E-state index in [1.807, 2.05) is 0 Å². The first-order chi connectivity index (χ1) is 16.4. The zero-order valence-corrected chi connectivity index (χ0v) is 19.6. The first kappa shape index (κ1) is 23.9. The number of halogens is 2. The molecule has 0 spiro atoms. The molecule has 0 fully saturated rings. The largest absolute Gasteiger partial charge is 0.365 e. The van der Waals surface area contributed by atoms with Crippen molar-refractivity contribution in [1.29, 1.82) is 0 Å². The molecule has 3 N–H and O–H groups in total. The molecular weight excluding hydrogens is 486 g/mol. The van der Waals surface area contributed by atoms with E-state index in [1.54, 1.807) is 20.2 Å². The lowest BCUT2D eigenvalue weighted by atomic mass is 10.0. The van der Waals surface area contributed by atoms with Gasteiger partial charge in [-0.2, -0.15) is 10.2 Å². The van der Waals surface area contributed by atoms with Gasteiger partial charge in [-0.3, -0.25) is 29.1 Å². The molecule has 182 valence electrons. The number of nitro groups is 1. The van der Waals surface area contributed by atoms with E-state index in [9.17, 15) is 28.5 Å². The summed E-state index contributed by atoms with van der Waals surface area (Å²) in [6.07, 6.45) is -1.31. The molecule has 0 aliphatic heterocycles. The van der Waals surface area contributed by atoms with Crippen molar-refractivity contribution in [2.24, 2.45) is 19.8 Å². The van der Waals surface area contributed by atoms with Crippen LogP contribution in [0.3, 0.4) is 0 Å². The molecule has 0 aliphatic carbocycles. The van der Waals surface area contributed by atoms with Gasteiger partial charge in [0.15, 0.2) is 0 Å². The topological polar surface area (TPSA) is 164 Å². The number of nitrogens with two attached hydrogens (primary N) is 1. The number of hydrogen-bond acceptors (Lipinski definition) is 8. The minimum atomic E-state index is -2.91. The van der Waals surface area contributed by atoms with Crippen LogP contribution in [0, 0.1) is 24.0 Å². The number of thiophene rings is 1. The van der Waals surface area contributed by atoms with Crippen molar-refractivity contribution in [1.82, 2.24) is 24.5 Å². The average molecular weight is 504 g/mol. The Kier molecular flexibility index (Phi) is 5.80. The molecule has 0 aliphatic rings. The third-order valence-electron chi connectivity index (χ3n) is 5.26. The zero-order chi connectivity index (χ0) is 25.8. The highest BCUT2D eigenvalue weighted by Crippen LogP contribution is 2.43. The summed E-state index contributed by atoms with van der Waals surface area (Å²) in [5, 5.41) is 22.4. The van der Waals surface area contributed by atoms with Gasteiger partial charge >= 0.3 is 5.69 Å². The summed E-state index contributed by atoms with van der Waals surface area (Å²) in [5.74, 6) is -1.87. The zero-order valence-electron chi connectivity index (χ0n) is 18.8. The molecule has 4 heterocycles. The minimum Gasteiger partial charge on any atom is -0.365 e. The summed E-state index contributed by atoms with van der Waals surface area (Å²) in [6.45, 7) is 3.05. The summed E-state index contributed by atoms with van der Waals surface area (Å²) in [6, 6.07) is 1.15. The van der Waals surface area contributed by atoms with Crippen LogP contribution in [0.5, 0.6) is 0 Å². The number of fused-ring (bicyclic) bond motifs is 1.